The zero-order chi connectivity index (χ0) is 16.5. The van der Waals surface area contributed by atoms with Crippen LogP contribution >= 0.6 is 0 Å². The topological polar surface area (TPSA) is 90.9 Å². The van der Waals surface area contributed by atoms with Crippen LogP contribution in [0.3, 0.4) is 0 Å². The van der Waals surface area contributed by atoms with E-state index in [1.807, 2.05) is 11.8 Å². The average molecular weight is 323 g/mol. The van der Waals surface area contributed by atoms with Crippen LogP contribution in [-0.4, -0.2) is 61.9 Å². The van der Waals surface area contributed by atoms with E-state index in [1.54, 1.807) is 30.9 Å². The van der Waals surface area contributed by atoms with Crippen molar-refractivity contribution in [2.24, 2.45) is 0 Å². The van der Waals surface area contributed by atoms with E-state index in [9.17, 15) is 4.79 Å². The molecule has 1 aliphatic heterocycles. The van der Waals surface area contributed by atoms with Crippen molar-refractivity contribution in [1.82, 2.24) is 29.8 Å². The van der Waals surface area contributed by atoms with Crippen molar-refractivity contribution in [2.45, 2.75) is 6.92 Å². The molecule has 4 heterocycles. The number of aryl methyl sites for hydroxylation is 1. The summed E-state index contributed by atoms with van der Waals surface area (Å²) in [7, 11) is 0. The van der Waals surface area contributed by atoms with Crippen molar-refractivity contribution < 1.29 is 4.79 Å². The highest BCUT2D eigenvalue weighted by atomic mass is 16.2. The second kappa shape index (κ2) is 5.88. The number of nitrogens with zero attached hydrogens (tertiary/aromatic N) is 6. The lowest BCUT2D eigenvalue weighted by Gasteiger charge is -2.35. The van der Waals surface area contributed by atoms with Crippen LogP contribution in [0.5, 0.6) is 0 Å². The minimum Gasteiger partial charge on any atom is -0.352 e. The lowest BCUT2D eigenvalue weighted by Crippen LogP contribution is -2.49. The van der Waals surface area contributed by atoms with Crippen LogP contribution in [0.1, 0.15) is 16.2 Å². The second-order valence-corrected chi connectivity index (χ2v) is 5.72. The van der Waals surface area contributed by atoms with Crippen molar-refractivity contribution in [3.8, 4) is 0 Å². The Morgan fingerprint density at radius 2 is 1.96 bits per heavy atom. The molecule has 8 heteroatoms. The van der Waals surface area contributed by atoms with Gasteiger partial charge < -0.3 is 14.8 Å². The molecule has 1 amide bonds. The standard InChI is InChI=1S/C16H17N7O/c1-11-20-14-12(2-3-19-15(14)21-11)16(24)23-8-6-22(7-9-23)13-10-17-4-5-18-13/h2-5,10H,6-9H2,1H3,(H,19,20,21). The third-order valence-corrected chi connectivity index (χ3v) is 4.18. The zero-order valence-corrected chi connectivity index (χ0v) is 13.3. The number of aromatic amines is 1. The minimum absolute atomic E-state index is 0.00449. The largest absolute Gasteiger partial charge is 0.352 e. The number of anilines is 1. The van der Waals surface area contributed by atoms with E-state index in [4.69, 9.17) is 0 Å². The molecular weight excluding hydrogens is 306 g/mol. The molecule has 0 aromatic carbocycles. The zero-order valence-electron chi connectivity index (χ0n) is 13.3. The smallest absolute Gasteiger partial charge is 0.256 e. The fourth-order valence-corrected chi connectivity index (χ4v) is 2.97. The van der Waals surface area contributed by atoms with Gasteiger partial charge in [0.1, 0.15) is 11.6 Å². The number of carbonyl (C=O) groups excluding carboxylic acids is 1. The molecule has 3 aromatic rings. The summed E-state index contributed by atoms with van der Waals surface area (Å²) < 4.78 is 0. The summed E-state index contributed by atoms with van der Waals surface area (Å²) in [5.41, 5.74) is 1.90. The maximum atomic E-state index is 12.9. The van der Waals surface area contributed by atoms with E-state index in [0.717, 1.165) is 24.7 Å². The number of hydrogen-bond donors (Lipinski definition) is 1. The van der Waals surface area contributed by atoms with E-state index in [2.05, 4.69) is 29.8 Å². The van der Waals surface area contributed by atoms with Crippen LogP contribution in [0.25, 0.3) is 11.2 Å². The number of aromatic nitrogens is 5. The molecule has 8 nitrogen and oxygen atoms in total. The number of H-pyrrole nitrogens is 1. The minimum atomic E-state index is 0.00449. The Morgan fingerprint density at radius 1 is 1.12 bits per heavy atom. The third-order valence-electron chi connectivity index (χ3n) is 4.18. The Morgan fingerprint density at radius 3 is 2.71 bits per heavy atom. The normalized spacial score (nSPS) is 15.0. The molecular formula is C16H17N7O. The van der Waals surface area contributed by atoms with Crippen molar-refractivity contribution in [3.63, 3.8) is 0 Å². The number of pyridine rings is 1. The molecule has 0 saturated carbocycles. The second-order valence-electron chi connectivity index (χ2n) is 5.72. The number of nitrogens with one attached hydrogen (secondary N) is 1. The Labute approximate surface area is 138 Å². The molecule has 0 unspecified atom stereocenters. The van der Waals surface area contributed by atoms with Crippen molar-refractivity contribution in [3.05, 3.63) is 42.2 Å². The van der Waals surface area contributed by atoms with Gasteiger partial charge in [-0.05, 0) is 13.0 Å². The van der Waals surface area contributed by atoms with E-state index in [1.165, 1.54) is 0 Å². The molecule has 0 aliphatic carbocycles. The first-order chi connectivity index (χ1) is 11.7. The van der Waals surface area contributed by atoms with Crippen LogP contribution in [0.2, 0.25) is 0 Å². The summed E-state index contributed by atoms with van der Waals surface area (Å²) in [6, 6.07) is 1.75. The van der Waals surface area contributed by atoms with Crippen molar-refractivity contribution in [2.75, 3.05) is 31.1 Å². The van der Waals surface area contributed by atoms with E-state index < -0.39 is 0 Å². The van der Waals surface area contributed by atoms with Gasteiger partial charge in [-0.2, -0.15) is 0 Å². The molecule has 0 spiro atoms. The predicted molar refractivity (Wildman–Crippen MR) is 88.8 cm³/mol. The van der Waals surface area contributed by atoms with Gasteiger partial charge in [-0.25, -0.2) is 15.0 Å². The van der Waals surface area contributed by atoms with Crippen LogP contribution in [-0.2, 0) is 0 Å². The first-order valence-electron chi connectivity index (χ1n) is 7.84. The summed E-state index contributed by atoms with van der Waals surface area (Å²) in [4.78, 5) is 36.9. The fourth-order valence-electron chi connectivity index (χ4n) is 2.97. The maximum Gasteiger partial charge on any atom is 0.256 e. The van der Waals surface area contributed by atoms with Crippen LogP contribution in [0, 0.1) is 6.92 Å². The van der Waals surface area contributed by atoms with Crippen molar-refractivity contribution >= 4 is 22.9 Å². The number of carbonyl (C=O) groups is 1. The third kappa shape index (κ3) is 2.55. The van der Waals surface area contributed by atoms with Gasteiger partial charge in [-0.3, -0.25) is 9.78 Å². The lowest BCUT2D eigenvalue weighted by atomic mass is 10.2. The van der Waals surface area contributed by atoms with Crippen LogP contribution in [0.15, 0.2) is 30.9 Å². The Kier molecular flexibility index (Phi) is 3.56. The highest BCUT2D eigenvalue weighted by Crippen LogP contribution is 2.18. The van der Waals surface area contributed by atoms with Gasteiger partial charge in [0.2, 0.25) is 0 Å². The molecule has 24 heavy (non-hydrogen) atoms. The Hall–Kier alpha value is -3.03. The maximum absolute atomic E-state index is 12.9. The van der Waals surface area contributed by atoms with E-state index in [-0.39, 0.29) is 5.91 Å². The first kappa shape index (κ1) is 14.6. The Bertz CT molecular complexity index is 869. The summed E-state index contributed by atoms with van der Waals surface area (Å²) >= 11 is 0. The molecule has 1 N–H and O–H groups in total. The SMILES string of the molecule is Cc1nc2nccc(C(=O)N3CCN(c4cnccn4)CC3)c2[nH]1. The quantitative estimate of drug-likeness (QED) is 0.757. The predicted octanol–water partition coefficient (Wildman–Crippen LogP) is 1.02. The average Bonchev–Trinajstić information content (AvgIpc) is 3.02. The number of imidazole rings is 1. The van der Waals surface area contributed by atoms with Gasteiger partial charge in [-0.15, -0.1) is 0 Å². The summed E-state index contributed by atoms with van der Waals surface area (Å²) in [6.07, 6.45) is 6.72. The van der Waals surface area contributed by atoms with Gasteiger partial charge >= 0.3 is 0 Å². The molecule has 0 bridgehead atoms. The van der Waals surface area contributed by atoms with Gasteiger partial charge in [-0.1, -0.05) is 0 Å². The number of rotatable bonds is 2. The highest BCUT2D eigenvalue weighted by Gasteiger charge is 2.24. The van der Waals surface area contributed by atoms with Gasteiger partial charge in [0.15, 0.2) is 5.65 Å². The molecule has 0 radical (unpaired) electrons. The van der Waals surface area contributed by atoms with E-state index in [0.29, 0.717) is 29.8 Å². The van der Waals surface area contributed by atoms with Gasteiger partial charge in [0.25, 0.3) is 5.91 Å². The highest BCUT2D eigenvalue weighted by molar-refractivity contribution is 6.04. The van der Waals surface area contributed by atoms with Gasteiger partial charge in [0, 0.05) is 44.8 Å². The number of amides is 1. The first-order valence-corrected chi connectivity index (χ1v) is 7.84. The molecule has 1 fully saturated rings. The lowest BCUT2D eigenvalue weighted by molar-refractivity contribution is 0.0748. The molecule has 1 saturated heterocycles. The fraction of sp³-hybridized carbons (Fsp3) is 0.312. The molecule has 0 atom stereocenters. The van der Waals surface area contributed by atoms with Crippen LogP contribution < -0.4 is 4.90 Å². The summed E-state index contributed by atoms with van der Waals surface area (Å²) in [6.45, 7) is 4.62. The monoisotopic (exact) mass is 323 g/mol. The van der Waals surface area contributed by atoms with Crippen molar-refractivity contribution in [1.29, 1.82) is 0 Å². The molecule has 3 aromatic heterocycles. The molecule has 4 rings (SSSR count). The number of piperazine rings is 1. The van der Waals surface area contributed by atoms with Gasteiger partial charge in [0.05, 0.1) is 17.3 Å². The molecule has 122 valence electrons. The summed E-state index contributed by atoms with van der Waals surface area (Å²) in [5.74, 6) is 1.61. The molecule has 1 aliphatic rings. The van der Waals surface area contributed by atoms with Crippen LogP contribution in [0.4, 0.5) is 5.82 Å². The number of fused-ring (bicyclic) bond motifs is 1. The van der Waals surface area contributed by atoms with E-state index >= 15 is 0 Å². The summed E-state index contributed by atoms with van der Waals surface area (Å²) in [5, 5.41) is 0. The Balaban J connectivity index is 1.52. The number of hydrogen-bond acceptors (Lipinski definition) is 6.